The maximum Gasteiger partial charge on any atom is 0.320 e. The van der Waals surface area contributed by atoms with Gasteiger partial charge in [-0.25, -0.2) is 9.78 Å². The van der Waals surface area contributed by atoms with Crippen LogP contribution in [0.1, 0.15) is 45.6 Å². The molecule has 4 N–H and O–H groups in total. The van der Waals surface area contributed by atoms with Crippen molar-refractivity contribution in [3.63, 3.8) is 0 Å². The third-order valence-corrected chi connectivity index (χ3v) is 4.52. The summed E-state index contributed by atoms with van der Waals surface area (Å²) in [5.74, 6) is 1.10. The van der Waals surface area contributed by atoms with Crippen molar-refractivity contribution in [1.82, 2.24) is 25.2 Å². The Morgan fingerprint density at radius 2 is 2.14 bits per heavy atom. The Morgan fingerprint density at radius 3 is 2.76 bits per heavy atom. The van der Waals surface area contributed by atoms with Crippen LogP contribution in [0.2, 0.25) is 0 Å². The van der Waals surface area contributed by atoms with Gasteiger partial charge in [0.15, 0.2) is 5.65 Å². The van der Waals surface area contributed by atoms with Crippen molar-refractivity contribution in [2.45, 2.75) is 51.6 Å². The lowest BCUT2D eigenvalue weighted by Gasteiger charge is -2.20. The quantitative estimate of drug-likeness (QED) is 0.636. The highest BCUT2D eigenvalue weighted by molar-refractivity contribution is 5.91. The molecule has 9 heteroatoms. The van der Waals surface area contributed by atoms with Crippen molar-refractivity contribution in [2.75, 3.05) is 10.6 Å². The van der Waals surface area contributed by atoms with Crippen LogP contribution in [-0.4, -0.2) is 38.1 Å². The first kappa shape index (κ1) is 19.0. The summed E-state index contributed by atoms with van der Waals surface area (Å²) in [5.41, 5.74) is 2.35. The van der Waals surface area contributed by atoms with E-state index < -0.39 is 0 Å². The van der Waals surface area contributed by atoms with Crippen LogP contribution in [0, 0.1) is 0 Å². The maximum absolute atomic E-state index is 12.3. The Balaban J connectivity index is 1.71. The van der Waals surface area contributed by atoms with Gasteiger partial charge in [0.2, 0.25) is 5.91 Å². The lowest BCUT2D eigenvalue weighted by molar-refractivity contribution is -0.118. The molecule has 1 saturated carbocycles. The number of anilines is 2. The third-order valence-electron chi connectivity index (χ3n) is 4.52. The van der Waals surface area contributed by atoms with E-state index in [1.807, 2.05) is 26.8 Å². The van der Waals surface area contributed by atoms with E-state index in [0.717, 1.165) is 29.8 Å². The summed E-state index contributed by atoms with van der Waals surface area (Å²) in [4.78, 5) is 28.5. The van der Waals surface area contributed by atoms with Crippen LogP contribution in [0.15, 0.2) is 30.1 Å². The van der Waals surface area contributed by atoms with Crippen LogP contribution in [-0.2, 0) is 4.79 Å². The molecule has 1 aliphatic heterocycles. The summed E-state index contributed by atoms with van der Waals surface area (Å²) < 4.78 is 1.71. The van der Waals surface area contributed by atoms with Crippen LogP contribution in [0.4, 0.5) is 16.4 Å². The zero-order valence-corrected chi connectivity index (χ0v) is 16.8. The molecule has 3 amide bonds. The van der Waals surface area contributed by atoms with Gasteiger partial charge in [-0.2, -0.15) is 9.61 Å². The molecule has 2 aliphatic rings. The summed E-state index contributed by atoms with van der Waals surface area (Å²) in [6, 6.07) is 1.85. The number of hydrogen-bond donors (Lipinski definition) is 4. The molecule has 2 aromatic rings. The first-order valence-electron chi connectivity index (χ1n) is 9.62. The smallest absolute Gasteiger partial charge is 0.320 e. The van der Waals surface area contributed by atoms with Crippen LogP contribution in [0.5, 0.6) is 0 Å². The summed E-state index contributed by atoms with van der Waals surface area (Å²) in [7, 11) is 0. The van der Waals surface area contributed by atoms with Gasteiger partial charge in [0.05, 0.1) is 12.6 Å². The number of nitrogens with one attached hydrogen (secondary N) is 4. The summed E-state index contributed by atoms with van der Waals surface area (Å²) in [6.07, 6.45) is 6.03. The van der Waals surface area contributed by atoms with Crippen LogP contribution >= 0.6 is 0 Å². The summed E-state index contributed by atoms with van der Waals surface area (Å²) >= 11 is 0. The number of rotatable bonds is 4. The number of nitrogens with zero attached hydrogens (tertiary/aromatic N) is 3. The molecule has 0 bridgehead atoms. The SMILES string of the molecule is C=C1NC(=O)C/C1=C\c1cnn2c(NC3CC3)cc(NC(=O)NC(C)(C)C)nc12. The molecule has 0 atom stereocenters. The fourth-order valence-electron chi connectivity index (χ4n) is 3.07. The molecular weight excluding hydrogens is 370 g/mol. The summed E-state index contributed by atoms with van der Waals surface area (Å²) in [6.45, 7) is 9.61. The Morgan fingerprint density at radius 1 is 1.38 bits per heavy atom. The number of urea groups is 1. The van der Waals surface area contributed by atoms with Gasteiger partial charge in [-0.15, -0.1) is 0 Å². The molecule has 3 heterocycles. The van der Waals surface area contributed by atoms with E-state index in [2.05, 4.69) is 37.9 Å². The zero-order chi connectivity index (χ0) is 20.8. The average molecular weight is 395 g/mol. The number of carbonyl (C=O) groups excluding carboxylic acids is 2. The van der Waals surface area contributed by atoms with E-state index in [4.69, 9.17) is 0 Å². The van der Waals surface area contributed by atoms with Crippen molar-refractivity contribution in [2.24, 2.45) is 0 Å². The fourth-order valence-corrected chi connectivity index (χ4v) is 3.07. The Bertz CT molecular complexity index is 1040. The van der Waals surface area contributed by atoms with Crippen molar-refractivity contribution >= 4 is 35.3 Å². The van der Waals surface area contributed by atoms with Gasteiger partial charge in [-0.1, -0.05) is 6.58 Å². The summed E-state index contributed by atoms with van der Waals surface area (Å²) in [5, 5.41) is 16.3. The maximum atomic E-state index is 12.3. The predicted octanol–water partition coefficient (Wildman–Crippen LogP) is 2.64. The fraction of sp³-hybridized carbons (Fsp3) is 0.400. The molecule has 152 valence electrons. The number of amides is 3. The van der Waals surface area contributed by atoms with Gasteiger partial charge in [0, 0.05) is 28.9 Å². The molecule has 1 aliphatic carbocycles. The molecule has 4 rings (SSSR count). The van der Waals surface area contributed by atoms with Gasteiger partial charge in [0.1, 0.15) is 11.6 Å². The predicted molar refractivity (Wildman–Crippen MR) is 111 cm³/mol. The Labute approximate surface area is 168 Å². The Hall–Kier alpha value is -3.36. The molecule has 0 unspecified atom stereocenters. The standard InChI is InChI=1S/C20H25N7O2/c1-11-12(8-17(28)22-11)7-13-10-21-27-16(23-14-5-6-14)9-15(24-18(13)27)25-19(29)26-20(2,3)4/h7,9-10,14,23H,1,5-6,8H2,2-4H3,(H,22,28)(H2,24,25,26,29)/b12-7+. The lowest BCUT2D eigenvalue weighted by Crippen LogP contribution is -2.43. The minimum atomic E-state index is -0.363. The number of fused-ring (bicyclic) bond motifs is 1. The van der Waals surface area contributed by atoms with Gasteiger partial charge in [0.25, 0.3) is 0 Å². The van der Waals surface area contributed by atoms with E-state index in [0.29, 0.717) is 23.2 Å². The van der Waals surface area contributed by atoms with Gasteiger partial charge < -0.3 is 16.0 Å². The van der Waals surface area contributed by atoms with Crippen molar-refractivity contribution in [3.8, 4) is 0 Å². The average Bonchev–Trinajstić information content (AvgIpc) is 3.22. The lowest BCUT2D eigenvalue weighted by atomic mass is 10.1. The van der Waals surface area contributed by atoms with Crippen LogP contribution in [0.25, 0.3) is 11.7 Å². The number of hydrogen-bond acceptors (Lipinski definition) is 5. The normalized spacial score (nSPS) is 18.2. The van der Waals surface area contributed by atoms with Crippen LogP contribution < -0.4 is 21.3 Å². The number of allylic oxidation sites excluding steroid dienone is 1. The minimum absolute atomic E-state index is 0.0806. The van der Waals surface area contributed by atoms with Crippen molar-refractivity contribution < 1.29 is 9.59 Å². The highest BCUT2D eigenvalue weighted by Crippen LogP contribution is 2.28. The molecule has 0 spiro atoms. The second-order valence-corrected chi connectivity index (χ2v) is 8.48. The minimum Gasteiger partial charge on any atom is -0.367 e. The highest BCUT2D eigenvalue weighted by atomic mass is 16.2. The van der Waals surface area contributed by atoms with E-state index in [1.54, 1.807) is 16.8 Å². The van der Waals surface area contributed by atoms with Gasteiger partial charge in [-0.3, -0.25) is 10.1 Å². The molecule has 29 heavy (non-hydrogen) atoms. The third kappa shape index (κ3) is 4.39. The largest absolute Gasteiger partial charge is 0.367 e. The van der Waals surface area contributed by atoms with Gasteiger partial charge in [-0.05, 0) is 45.3 Å². The highest BCUT2D eigenvalue weighted by Gasteiger charge is 2.24. The molecule has 2 aromatic heterocycles. The Kier molecular flexibility index (Phi) is 4.52. The van der Waals surface area contributed by atoms with Gasteiger partial charge >= 0.3 is 6.03 Å². The molecular formula is C20H25N7O2. The van der Waals surface area contributed by atoms with E-state index in [9.17, 15) is 9.59 Å². The molecule has 0 aromatic carbocycles. The molecule has 9 nitrogen and oxygen atoms in total. The molecule has 1 saturated heterocycles. The first-order valence-corrected chi connectivity index (χ1v) is 9.62. The molecule has 2 fully saturated rings. The first-order chi connectivity index (χ1) is 13.7. The topological polar surface area (TPSA) is 112 Å². The van der Waals surface area contributed by atoms with E-state index in [-0.39, 0.29) is 23.9 Å². The molecule has 0 radical (unpaired) electrons. The van der Waals surface area contributed by atoms with E-state index >= 15 is 0 Å². The van der Waals surface area contributed by atoms with Crippen molar-refractivity contribution in [3.05, 3.63) is 35.7 Å². The number of aromatic nitrogens is 3. The number of carbonyl (C=O) groups is 2. The van der Waals surface area contributed by atoms with Crippen molar-refractivity contribution in [1.29, 1.82) is 0 Å². The van der Waals surface area contributed by atoms with Crippen LogP contribution in [0.3, 0.4) is 0 Å². The zero-order valence-electron chi connectivity index (χ0n) is 16.8. The monoisotopic (exact) mass is 395 g/mol. The second-order valence-electron chi connectivity index (χ2n) is 8.48. The second kappa shape index (κ2) is 6.91. The van der Waals surface area contributed by atoms with E-state index in [1.165, 1.54) is 0 Å².